The van der Waals surface area contributed by atoms with E-state index in [0.29, 0.717) is 27.9 Å². The summed E-state index contributed by atoms with van der Waals surface area (Å²) in [6, 6.07) is 10.9. The Balaban J connectivity index is 2.00. The molecule has 3 N–H and O–H groups in total. The zero-order valence-electron chi connectivity index (χ0n) is 17.2. The van der Waals surface area contributed by atoms with Crippen molar-refractivity contribution in [3.05, 3.63) is 64.4 Å². The number of aryl methyl sites for hydroxylation is 2. The molecule has 7 heteroatoms. The SMILES string of the molecule is COc1ccc(C2NC(=S)NC(C)=C2C(=O)Nc2ccc(C)c(C)c2)c(OC)c1. The number of ether oxygens (including phenoxy) is 2. The molecule has 3 rings (SSSR count). The number of carbonyl (C=O) groups excluding carboxylic acids is 1. The third kappa shape index (κ3) is 4.35. The minimum absolute atomic E-state index is 0.212. The van der Waals surface area contributed by atoms with Gasteiger partial charge in [-0.15, -0.1) is 0 Å². The predicted molar refractivity (Wildman–Crippen MR) is 118 cm³/mol. The fraction of sp³-hybridized carbons (Fsp3) is 0.273. The van der Waals surface area contributed by atoms with Crippen LogP contribution in [0.25, 0.3) is 0 Å². The maximum absolute atomic E-state index is 13.2. The van der Waals surface area contributed by atoms with Crippen LogP contribution in [0.2, 0.25) is 0 Å². The Hall–Kier alpha value is -3.06. The van der Waals surface area contributed by atoms with Gasteiger partial charge in [0.15, 0.2) is 5.11 Å². The van der Waals surface area contributed by atoms with Gasteiger partial charge in [-0.25, -0.2) is 0 Å². The molecule has 0 bridgehead atoms. The third-order valence-corrected chi connectivity index (χ3v) is 5.25. The summed E-state index contributed by atoms with van der Waals surface area (Å²) in [4.78, 5) is 13.2. The minimum atomic E-state index is -0.462. The number of hydrogen-bond acceptors (Lipinski definition) is 4. The quantitative estimate of drug-likeness (QED) is 0.651. The fourth-order valence-corrected chi connectivity index (χ4v) is 3.57. The lowest BCUT2D eigenvalue weighted by Crippen LogP contribution is -2.45. The van der Waals surface area contributed by atoms with Crippen LogP contribution in [0.5, 0.6) is 11.5 Å². The zero-order valence-corrected chi connectivity index (χ0v) is 18.0. The smallest absolute Gasteiger partial charge is 0.255 e. The van der Waals surface area contributed by atoms with E-state index in [2.05, 4.69) is 16.0 Å². The number of amides is 1. The third-order valence-electron chi connectivity index (χ3n) is 5.03. The van der Waals surface area contributed by atoms with Crippen LogP contribution in [0.3, 0.4) is 0 Å². The molecule has 1 heterocycles. The van der Waals surface area contributed by atoms with Crippen molar-refractivity contribution in [1.82, 2.24) is 10.6 Å². The molecule has 0 aromatic heterocycles. The van der Waals surface area contributed by atoms with Crippen molar-refractivity contribution in [3.63, 3.8) is 0 Å². The van der Waals surface area contributed by atoms with Gasteiger partial charge in [0.25, 0.3) is 5.91 Å². The van der Waals surface area contributed by atoms with Crippen LogP contribution in [0, 0.1) is 13.8 Å². The van der Waals surface area contributed by atoms with Crippen LogP contribution in [-0.2, 0) is 4.79 Å². The van der Waals surface area contributed by atoms with E-state index in [1.165, 1.54) is 5.56 Å². The van der Waals surface area contributed by atoms with Crippen molar-refractivity contribution >= 4 is 28.9 Å². The molecular weight excluding hydrogens is 386 g/mol. The number of methoxy groups -OCH3 is 2. The zero-order chi connectivity index (χ0) is 21.1. The molecule has 1 atom stereocenters. The largest absolute Gasteiger partial charge is 0.497 e. The summed E-state index contributed by atoms with van der Waals surface area (Å²) in [5.41, 5.74) is 5.06. The highest BCUT2D eigenvalue weighted by Crippen LogP contribution is 2.35. The van der Waals surface area contributed by atoms with Gasteiger partial charge in [-0.1, -0.05) is 6.07 Å². The van der Waals surface area contributed by atoms with Crippen molar-refractivity contribution < 1.29 is 14.3 Å². The Kier molecular flexibility index (Phi) is 6.08. The second-order valence-electron chi connectivity index (χ2n) is 6.93. The van der Waals surface area contributed by atoms with Crippen molar-refractivity contribution in [3.8, 4) is 11.5 Å². The minimum Gasteiger partial charge on any atom is -0.497 e. The first kappa shape index (κ1) is 20.7. The molecule has 1 aliphatic rings. The van der Waals surface area contributed by atoms with Gasteiger partial charge < -0.3 is 25.4 Å². The van der Waals surface area contributed by atoms with Gasteiger partial charge in [0.1, 0.15) is 11.5 Å². The van der Waals surface area contributed by atoms with Crippen LogP contribution < -0.4 is 25.4 Å². The highest BCUT2D eigenvalue weighted by Gasteiger charge is 2.32. The van der Waals surface area contributed by atoms with Crippen molar-refractivity contribution in [1.29, 1.82) is 0 Å². The molecule has 0 spiro atoms. The van der Waals surface area contributed by atoms with Crippen molar-refractivity contribution in [2.24, 2.45) is 0 Å². The molecule has 2 aromatic carbocycles. The van der Waals surface area contributed by atoms with Gasteiger partial charge in [0, 0.05) is 23.0 Å². The second-order valence-corrected chi connectivity index (χ2v) is 7.34. The Bertz CT molecular complexity index is 1000. The first-order valence-corrected chi connectivity index (χ1v) is 9.63. The number of benzene rings is 2. The predicted octanol–water partition coefficient (Wildman–Crippen LogP) is 3.75. The molecule has 0 fully saturated rings. The molecule has 1 amide bonds. The van der Waals surface area contributed by atoms with E-state index in [-0.39, 0.29) is 5.91 Å². The topological polar surface area (TPSA) is 71.6 Å². The Morgan fingerprint density at radius 1 is 1.03 bits per heavy atom. The lowest BCUT2D eigenvalue weighted by molar-refractivity contribution is -0.113. The number of allylic oxidation sites excluding steroid dienone is 1. The number of carbonyl (C=O) groups is 1. The second kappa shape index (κ2) is 8.53. The normalized spacial score (nSPS) is 16.0. The van der Waals surface area contributed by atoms with Crippen LogP contribution in [0.1, 0.15) is 29.7 Å². The summed E-state index contributed by atoms with van der Waals surface area (Å²) < 4.78 is 10.8. The molecule has 0 saturated heterocycles. The van der Waals surface area contributed by atoms with Gasteiger partial charge in [-0.2, -0.15) is 0 Å². The molecule has 6 nitrogen and oxygen atoms in total. The van der Waals surface area contributed by atoms with Gasteiger partial charge in [0.2, 0.25) is 0 Å². The number of thiocarbonyl (C=S) groups is 1. The Morgan fingerprint density at radius 2 is 1.79 bits per heavy atom. The molecule has 0 radical (unpaired) electrons. The average Bonchev–Trinajstić information content (AvgIpc) is 2.69. The Labute approximate surface area is 176 Å². The van der Waals surface area contributed by atoms with Gasteiger partial charge in [0.05, 0.1) is 25.8 Å². The van der Waals surface area contributed by atoms with E-state index in [1.807, 2.05) is 51.1 Å². The fourth-order valence-electron chi connectivity index (χ4n) is 3.30. The number of rotatable bonds is 5. The highest BCUT2D eigenvalue weighted by molar-refractivity contribution is 7.80. The number of hydrogen-bond donors (Lipinski definition) is 3. The molecule has 152 valence electrons. The summed E-state index contributed by atoms with van der Waals surface area (Å²) >= 11 is 5.34. The molecule has 0 saturated carbocycles. The van der Waals surface area contributed by atoms with E-state index in [9.17, 15) is 4.79 Å². The molecule has 2 aromatic rings. The lowest BCUT2D eigenvalue weighted by atomic mass is 9.94. The molecule has 1 aliphatic heterocycles. The van der Waals surface area contributed by atoms with Crippen molar-refractivity contribution in [2.75, 3.05) is 19.5 Å². The van der Waals surface area contributed by atoms with Gasteiger partial charge >= 0.3 is 0 Å². The summed E-state index contributed by atoms with van der Waals surface area (Å²) in [6.45, 7) is 5.89. The lowest BCUT2D eigenvalue weighted by Gasteiger charge is -2.31. The van der Waals surface area contributed by atoms with Crippen LogP contribution >= 0.6 is 12.2 Å². The monoisotopic (exact) mass is 411 g/mol. The highest BCUT2D eigenvalue weighted by atomic mass is 32.1. The number of nitrogens with one attached hydrogen (secondary N) is 3. The molecule has 1 unspecified atom stereocenters. The van der Waals surface area contributed by atoms with Gasteiger partial charge in [-0.05, 0) is 68.4 Å². The summed E-state index contributed by atoms with van der Waals surface area (Å²) in [7, 11) is 3.18. The van der Waals surface area contributed by atoms with E-state index >= 15 is 0 Å². The maximum Gasteiger partial charge on any atom is 0.255 e. The first-order chi connectivity index (χ1) is 13.8. The van der Waals surface area contributed by atoms with E-state index in [1.54, 1.807) is 20.3 Å². The molecule has 29 heavy (non-hydrogen) atoms. The van der Waals surface area contributed by atoms with Crippen LogP contribution in [-0.4, -0.2) is 25.2 Å². The first-order valence-electron chi connectivity index (χ1n) is 9.23. The number of anilines is 1. The van der Waals surface area contributed by atoms with Crippen LogP contribution in [0.15, 0.2) is 47.7 Å². The van der Waals surface area contributed by atoms with Crippen molar-refractivity contribution in [2.45, 2.75) is 26.8 Å². The van der Waals surface area contributed by atoms with E-state index in [4.69, 9.17) is 21.7 Å². The Morgan fingerprint density at radius 3 is 2.45 bits per heavy atom. The maximum atomic E-state index is 13.2. The van der Waals surface area contributed by atoms with Gasteiger partial charge in [-0.3, -0.25) is 4.79 Å². The summed E-state index contributed by atoms with van der Waals surface area (Å²) in [5.74, 6) is 1.07. The summed E-state index contributed by atoms with van der Waals surface area (Å²) in [5, 5.41) is 9.69. The summed E-state index contributed by atoms with van der Waals surface area (Å²) in [6.07, 6.45) is 0. The molecular formula is C22H25N3O3S. The molecule has 0 aliphatic carbocycles. The average molecular weight is 412 g/mol. The van der Waals surface area contributed by atoms with Crippen LogP contribution in [0.4, 0.5) is 5.69 Å². The van der Waals surface area contributed by atoms with E-state index in [0.717, 1.165) is 16.8 Å². The van der Waals surface area contributed by atoms with E-state index < -0.39 is 6.04 Å². The standard InChI is InChI=1S/C22H25N3O3S/c1-12-6-7-15(10-13(12)2)24-21(26)19-14(3)23-22(29)25-20(19)17-9-8-16(27-4)11-18(17)28-5/h6-11,20H,1-5H3,(H,24,26)(H2,23,25,29).